The van der Waals surface area contributed by atoms with E-state index in [0.29, 0.717) is 24.2 Å². The first-order chi connectivity index (χ1) is 7.68. The highest BCUT2D eigenvalue weighted by Gasteiger charge is 2.27. The van der Waals surface area contributed by atoms with Gasteiger partial charge in [-0.15, -0.1) is 0 Å². The molecule has 0 amide bonds. The topological polar surface area (TPSA) is 46.5 Å². The van der Waals surface area contributed by atoms with E-state index in [2.05, 4.69) is 6.92 Å². The number of para-hydroxylation sites is 1. The number of ether oxygens (including phenoxy) is 1. The minimum Gasteiger partial charge on any atom is -0.492 e. The molecule has 0 aromatic heterocycles. The predicted molar refractivity (Wildman–Crippen MR) is 60.8 cm³/mol. The largest absolute Gasteiger partial charge is 0.492 e. The molecule has 1 aliphatic carbocycles. The van der Waals surface area contributed by atoms with E-state index in [1.807, 2.05) is 0 Å². The number of carbonyl (C=O) groups is 1. The Morgan fingerprint density at radius 1 is 1.44 bits per heavy atom. The van der Waals surface area contributed by atoms with Gasteiger partial charge in [0.1, 0.15) is 11.3 Å². The van der Waals surface area contributed by atoms with Crippen LogP contribution in [0.2, 0.25) is 0 Å². The first-order valence-corrected chi connectivity index (χ1v) is 5.63. The van der Waals surface area contributed by atoms with Gasteiger partial charge < -0.3 is 9.84 Å². The third-order valence-corrected chi connectivity index (χ3v) is 3.37. The van der Waals surface area contributed by atoms with Crippen molar-refractivity contribution in [3.8, 4) is 5.75 Å². The van der Waals surface area contributed by atoms with Gasteiger partial charge in [0.2, 0.25) is 0 Å². The number of aromatic carboxylic acids is 1. The third-order valence-electron chi connectivity index (χ3n) is 3.37. The highest BCUT2D eigenvalue weighted by atomic mass is 16.5. The SMILES string of the molecule is C[C@H]1CC[C@H]1COc1ccccc1C(=O)O. The summed E-state index contributed by atoms with van der Waals surface area (Å²) in [6.45, 7) is 2.84. The van der Waals surface area contributed by atoms with E-state index < -0.39 is 5.97 Å². The second kappa shape index (κ2) is 4.56. The van der Waals surface area contributed by atoms with Crippen LogP contribution in [0.25, 0.3) is 0 Å². The zero-order valence-electron chi connectivity index (χ0n) is 9.35. The van der Waals surface area contributed by atoms with Gasteiger partial charge >= 0.3 is 5.97 Å². The summed E-state index contributed by atoms with van der Waals surface area (Å²) in [4.78, 5) is 10.9. The lowest BCUT2D eigenvalue weighted by atomic mass is 9.75. The average Bonchev–Trinajstić information content (AvgIpc) is 2.27. The van der Waals surface area contributed by atoms with Crippen LogP contribution in [0.3, 0.4) is 0 Å². The molecule has 3 nitrogen and oxygen atoms in total. The van der Waals surface area contributed by atoms with Gasteiger partial charge in [0.25, 0.3) is 0 Å². The van der Waals surface area contributed by atoms with Gasteiger partial charge in [-0.2, -0.15) is 0 Å². The van der Waals surface area contributed by atoms with Crippen molar-refractivity contribution >= 4 is 5.97 Å². The summed E-state index contributed by atoms with van der Waals surface area (Å²) in [7, 11) is 0. The number of hydrogen-bond donors (Lipinski definition) is 1. The van der Waals surface area contributed by atoms with Crippen LogP contribution in [0.4, 0.5) is 0 Å². The summed E-state index contributed by atoms with van der Waals surface area (Å²) < 4.78 is 5.59. The van der Waals surface area contributed by atoms with Crippen molar-refractivity contribution in [1.29, 1.82) is 0 Å². The third kappa shape index (κ3) is 2.18. The standard InChI is InChI=1S/C13H16O3/c1-9-6-7-10(9)8-16-12-5-3-2-4-11(12)13(14)15/h2-5,9-10H,6-8H2,1H3,(H,14,15)/t9-,10-/m0/s1. The van der Waals surface area contributed by atoms with Crippen molar-refractivity contribution in [2.75, 3.05) is 6.61 Å². The molecule has 16 heavy (non-hydrogen) atoms. The maximum Gasteiger partial charge on any atom is 0.339 e. The lowest BCUT2D eigenvalue weighted by Crippen LogP contribution is -2.28. The van der Waals surface area contributed by atoms with Gasteiger partial charge in [0.05, 0.1) is 6.61 Å². The number of carboxylic acids is 1. The summed E-state index contributed by atoms with van der Waals surface area (Å²) in [6, 6.07) is 6.79. The molecule has 0 spiro atoms. The molecule has 2 rings (SSSR count). The van der Waals surface area contributed by atoms with Gasteiger partial charge in [0, 0.05) is 0 Å². The van der Waals surface area contributed by atoms with Crippen molar-refractivity contribution in [1.82, 2.24) is 0 Å². The summed E-state index contributed by atoms with van der Waals surface area (Å²) in [6.07, 6.45) is 2.45. The minimum absolute atomic E-state index is 0.245. The minimum atomic E-state index is -0.933. The monoisotopic (exact) mass is 220 g/mol. The first kappa shape index (κ1) is 11.0. The van der Waals surface area contributed by atoms with Gasteiger partial charge in [0.15, 0.2) is 0 Å². The molecule has 1 aromatic rings. The van der Waals surface area contributed by atoms with E-state index in [-0.39, 0.29) is 5.56 Å². The van der Waals surface area contributed by atoms with Crippen LogP contribution in [0, 0.1) is 11.8 Å². The zero-order chi connectivity index (χ0) is 11.5. The Morgan fingerprint density at radius 2 is 2.19 bits per heavy atom. The Kier molecular flexibility index (Phi) is 3.13. The average molecular weight is 220 g/mol. The van der Waals surface area contributed by atoms with E-state index >= 15 is 0 Å². The molecule has 0 aliphatic heterocycles. The number of carboxylic acid groups (broad SMARTS) is 1. The zero-order valence-corrected chi connectivity index (χ0v) is 9.35. The van der Waals surface area contributed by atoms with Crippen molar-refractivity contribution < 1.29 is 14.6 Å². The van der Waals surface area contributed by atoms with Gasteiger partial charge in [-0.05, 0) is 36.8 Å². The maximum atomic E-state index is 10.9. The Bertz CT molecular complexity index is 387. The number of benzene rings is 1. The lowest BCUT2D eigenvalue weighted by Gasteiger charge is -2.33. The van der Waals surface area contributed by atoms with E-state index in [9.17, 15) is 4.79 Å². The Balaban J connectivity index is 2.00. The number of hydrogen-bond acceptors (Lipinski definition) is 2. The molecule has 1 fully saturated rings. The molecule has 0 heterocycles. The first-order valence-electron chi connectivity index (χ1n) is 5.63. The van der Waals surface area contributed by atoms with Crippen LogP contribution >= 0.6 is 0 Å². The highest BCUT2D eigenvalue weighted by molar-refractivity contribution is 5.90. The Labute approximate surface area is 95.0 Å². The summed E-state index contributed by atoms with van der Waals surface area (Å²) in [5.74, 6) is 0.838. The Morgan fingerprint density at radius 3 is 2.75 bits per heavy atom. The molecular formula is C13H16O3. The van der Waals surface area contributed by atoms with Crippen molar-refractivity contribution in [2.45, 2.75) is 19.8 Å². The molecular weight excluding hydrogens is 204 g/mol. The summed E-state index contributed by atoms with van der Waals surface area (Å²) >= 11 is 0. The van der Waals surface area contributed by atoms with Crippen LogP contribution < -0.4 is 4.74 Å². The second-order valence-corrected chi connectivity index (χ2v) is 4.43. The second-order valence-electron chi connectivity index (χ2n) is 4.43. The summed E-state index contributed by atoms with van der Waals surface area (Å²) in [5, 5.41) is 8.97. The van der Waals surface area contributed by atoms with E-state index in [4.69, 9.17) is 9.84 Å². The van der Waals surface area contributed by atoms with E-state index in [0.717, 1.165) is 0 Å². The molecule has 1 N–H and O–H groups in total. The molecule has 0 bridgehead atoms. The quantitative estimate of drug-likeness (QED) is 0.848. The Hall–Kier alpha value is -1.51. The molecule has 0 radical (unpaired) electrons. The van der Waals surface area contributed by atoms with E-state index in [1.54, 1.807) is 24.3 Å². The van der Waals surface area contributed by atoms with Crippen molar-refractivity contribution in [3.63, 3.8) is 0 Å². The fraction of sp³-hybridized carbons (Fsp3) is 0.462. The fourth-order valence-electron chi connectivity index (χ4n) is 1.95. The molecule has 1 aromatic carbocycles. The van der Waals surface area contributed by atoms with Crippen LogP contribution in [0.1, 0.15) is 30.1 Å². The molecule has 1 saturated carbocycles. The van der Waals surface area contributed by atoms with Crippen LogP contribution in [-0.4, -0.2) is 17.7 Å². The molecule has 3 heteroatoms. The predicted octanol–water partition coefficient (Wildman–Crippen LogP) is 2.81. The van der Waals surface area contributed by atoms with Crippen LogP contribution in [0.5, 0.6) is 5.75 Å². The molecule has 2 atom stereocenters. The van der Waals surface area contributed by atoms with Gasteiger partial charge in [-0.1, -0.05) is 19.1 Å². The van der Waals surface area contributed by atoms with Gasteiger partial charge in [-0.3, -0.25) is 0 Å². The smallest absolute Gasteiger partial charge is 0.339 e. The molecule has 1 aliphatic rings. The van der Waals surface area contributed by atoms with Crippen LogP contribution in [-0.2, 0) is 0 Å². The summed E-state index contributed by atoms with van der Waals surface area (Å²) in [5.41, 5.74) is 0.245. The molecule has 0 saturated heterocycles. The molecule has 86 valence electrons. The van der Waals surface area contributed by atoms with Gasteiger partial charge in [-0.25, -0.2) is 4.79 Å². The van der Waals surface area contributed by atoms with Crippen molar-refractivity contribution in [3.05, 3.63) is 29.8 Å². The fourth-order valence-corrected chi connectivity index (χ4v) is 1.95. The lowest BCUT2D eigenvalue weighted by molar-refractivity contribution is 0.0685. The van der Waals surface area contributed by atoms with Crippen molar-refractivity contribution in [2.24, 2.45) is 11.8 Å². The maximum absolute atomic E-state index is 10.9. The normalized spacial score (nSPS) is 23.6. The van der Waals surface area contributed by atoms with Crippen LogP contribution in [0.15, 0.2) is 24.3 Å². The highest BCUT2D eigenvalue weighted by Crippen LogP contribution is 2.34. The number of rotatable bonds is 4. The van der Waals surface area contributed by atoms with E-state index in [1.165, 1.54) is 12.8 Å². The molecule has 0 unspecified atom stereocenters.